The molecule has 0 bridgehead atoms. The molecule has 0 saturated heterocycles. The van der Waals surface area contributed by atoms with Crippen LogP contribution in [0, 0.1) is 6.92 Å². The summed E-state index contributed by atoms with van der Waals surface area (Å²) in [6.07, 6.45) is 0.287. The smallest absolute Gasteiger partial charge is 0.352 e. The van der Waals surface area contributed by atoms with Gasteiger partial charge in [-0.05, 0) is 25.5 Å². The number of carbonyl (C=O) groups is 2. The second kappa shape index (κ2) is 3.65. The second-order valence-electron chi connectivity index (χ2n) is 3.40. The van der Waals surface area contributed by atoms with E-state index >= 15 is 0 Å². The van der Waals surface area contributed by atoms with Crippen molar-refractivity contribution in [3.63, 3.8) is 0 Å². The number of aryl methyl sites for hydroxylation is 1. The van der Waals surface area contributed by atoms with Crippen LogP contribution in [0.2, 0.25) is 0 Å². The molecule has 0 atom stereocenters. The Morgan fingerprint density at radius 2 is 2.07 bits per heavy atom. The van der Waals surface area contributed by atoms with Gasteiger partial charge in [-0.3, -0.25) is 4.79 Å². The summed E-state index contributed by atoms with van der Waals surface area (Å²) in [6, 6.07) is 1.58. The quantitative estimate of drug-likeness (QED) is 0.787. The molecular weight excluding hydrogens is 182 g/mol. The van der Waals surface area contributed by atoms with E-state index in [0.717, 1.165) is 11.3 Å². The number of carboxylic acids is 1. The number of aromatic nitrogens is 1. The average Bonchev–Trinajstić information content (AvgIpc) is 2.31. The topological polar surface area (TPSA) is 59.3 Å². The van der Waals surface area contributed by atoms with E-state index in [4.69, 9.17) is 5.11 Å². The molecule has 0 amide bonds. The van der Waals surface area contributed by atoms with Gasteiger partial charge in [-0.2, -0.15) is 0 Å². The van der Waals surface area contributed by atoms with Crippen molar-refractivity contribution in [3.05, 3.63) is 23.0 Å². The Bertz CT molecular complexity index is 390. The summed E-state index contributed by atoms with van der Waals surface area (Å²) in [7, 11) is 1.66. The number of Topliss-reactive ketones (excluding diaryl/α,β-unsaturated/α-hetero) is 1. The minimum Gasteiger partial charge on any atom is -0.477 e. The molecular formula is C10H13NO3. The van der Waals surface area contributed by atoms with Gasteiger partial charge >= 0.3 is 5.97 Å². The van der Waals surface area contributed by atoms with Crippen LogP contribution in [0.5, 0.6) is 0 Å². The van der Waals surface area contributed by atoms with Crippen LogP contribution in [0.1, 0.15) is 28.7 Å². The van der Waals surface area contributed by atoms with Crippen LogP contribution in [0.15, 0.2) is 6.07 Å². The van der Waals surface area contributed by atoms with E-state index in [1.165, 1.54) is 6.92 Å². The fourth-order valence-electron chi connectivity index (χ4n) is 1.49. The van der Waals surface area contributed by atoms with Crippen LogP contribution < -0.4 is 0 Å². The van der Waals surface area contributed by atoms with Crippen molar-refractivity contribution in [3.8, 4) is 0 Å². The van der Waals surface area contributed by atoms with Gasteiger partial charge in [-0.15, -0.1) is 0 Å². The van der Waals surface area contributed by atoms with Gasteiger partial charge in [-0.1, -0.05) is 0 Å². The number of aromatic carboxylic acids is 1. The molecule has 0 aliphatic heterocycles. The molecule has 1 aromatic rings. The van der Waals surface area contributed by atoms with Crippen LogP contribution in [0.4, 0.5) is 0 Å². The summed E-state index contributed by atoms with van der Waals surface area (Å²) in [5.41, 5.74) is 1.84. The molecule has 4 heteroatoms. The Labute approximate surface area is 82.2 Å². The predicted octanol–water partition coefficient (Wildman–Crippen LogP) is 1.16. The van der Waals surface area contributed by atoms with Gasteiger partial charge in [0.2, 0.25) is 0 Å². The normalized spacial score (nSPS) is 10.2. The van der Waals surface area contributed by atoms with Crippen LogP contribution >= 0.6 is 0 Å². The molecule has 1 heterocycles. The average molecular weight is 195 g/mol. The lowest BCUT2D eigenvalue weighted by Crippen LogP contribution is -2.09. The predicted molar refractivity (Wildman–Crippen MR) is 51.5 cm³/mol. The fraction of sp³-hybridized carbons (Fsp3) is 0.400. The zero-order valence-corrected chi connectivity index (χ0v) is 8.50. The standard InChI is InChI=1S/C10H13NO3/c1-6-4-9(10(13)14)11(3)8(6)5-7(2)12/h4H,5H2,1-3H3,(H,13,14). The lowest BCUT2D eigenvalue weighted by atomic mass is 10.2. The number of carbonyl (C=O) groups excluding carboxylic acids is 1. The number of carboxylic acid groups (broad SMARTS) is 1. The Hall–Kier alpha value is -1.58. The molecule has 0 unspecified atom stereocenters. The molecule has 1 aromatic heterocycles. The van der Waals surface area contributed by atoms with Crippen molar-refractivity contribution >= 4 is 11.8 Å². The molecule has 0 aliphatic carbocycles. The minimum absolute atomic E-state index is 0.0336. The monoisotopic (exact) mass is 195 g/mol. The molecule has 14 heavy (non-hydrogen) atoms. The van der Waals surface area contributed by atoms with Crippen molar-refractivity contribution in [1.82, 2.24) is 4.57 Å². The van der Waals surface area contributed by atoms with E-state index in [-0.39, 0.29) is 17.9 Å². The highest BCUT2D eigenvalue weighted by molar-refractivity contribution is 5.87. The third kappa shape index (κ3) is 1.84. The summed E-state index contributed by atoms with van der Waals surface area (Å²) in [4.78, 5) is 21.7. The van der Waals surface area contributed by atoms with Crippen LogP contribution in [0.3, 0.4) is 0 Å². The van der Waals surface area contributed by atoms with Crippen molar-refractivity contribution in [2.24, 2.45) is 7.05 Å². The van der Waals surface area contributed by atoms with Crippen molar-refractivity contribution < 1.29 is 14.7 Å². The van der Waals surface area contributed by atoms with Crippen molar-refractivity contribution in [2.45, 2.75) is 20.3 Å². The summed E-state index contributed by atoms with van der Waals surface area (Å²) in [6.45, 7) is 3.30. The molecule has 76 valence electrons. The first-order valence-electron chi connectivity index (χ1n) is 4.31. The van der Waals surface area contributed by atoms with Gasteiger partial charge in [0, 0.05) is 19.2 Å². The molecule has 4 nitrogen and oxygen atoms in total. The van der Waals surface area contributed by atoms with Crippen LogP contribution in [-0.2, 0) is 18.3 Å². The van der Waals surface area contributed by atoms with E-state index < -0.39 is 5.97 Å². The summed E-state index contributed by atoms with van der Waals surface area (Å²) < 4.78 is 1.55. The third-order valence-electron chi connectivity index (χ3n) is 2.21. The molecule has 0 aromatic carbocycles. The largest absolute Gasteiger partial charge is 0.477 e. The highest BCUT2D eigenvalue weighted by Crippen LogP contribution is 2.14. The molecule has 0 fully saturated rings. The van der Waals surface area contributed by atoms with E-state index in [2.05, 4.69) is 0 Å². The lowest BCUT2D eigenvalue weighted by molar-refractivity contribution is -0.116. The number of hydrogen-bond acceptors (Lipinski definition) is 2. The molecule has 1 N–H and O–H groups in total. The first-order valence-corrected chi connectivity index (χ1v) is 4.31. The first kappa shape index (κ1) is 10.5. The summed E-state index contributed by atoms with van der Waals surface area (Å²) in [5, 5.41) is 8.83. The lowest BCUT2D eigenvalue weighted by Gasteiger charge is -2.03. The van der Waals surface area contributed by atoms with Gasteiger partial charge in [0.25, 0.3) is 0 Å². The maximum Gasteiger partial charge on any atom is 0.352 e. The van der Waals surface area contributed by atoms with Gasteiger partial charge < -0.3 is 9.67 Å². The zero-order valence-electron chi connectivity index (χ0n) is 8.50. The van der Waals surface area contributed by atoms with Crippen LogP contribution in [0.25, 0.3) is 0 Å². The maximum atomic E-state index is 10.9. The minimum atomic E-state index is -0.967. The Kier molecular flexibility index (Phi) is 2.74. The Morgan fingerprint density at radius 1 is 1.50 bits per heavy atom. The third-order valence-corrected chi connectivity index (χ3v) is 2.21. The molecule has 0 spiro atoms. The van der Waals surface area contributed by atoms with Gasteiger partial charge in [-0.25, -0.2) is 4.79 Å². The maximum absolute atomic E-state index is 10.9. The summed E-state index contributed by atoms with van der Waals surface area (Å²) >= 11 is 0. The highest BCUT2D eigenvalue weighted by Gasteiger charge is 2.15. The molecule has 0 radical (unpaired) electrons. The van der Waals surface area contributed by atoms with Crippen molar-refractivity contribution in [2.75, 3.05) is 0 Å². The molecule has 0 saturated carbocycles. The fourth-order valence-corrected chi connectivity index (χ4v) is 1.49. The van der Waals surface area contributed by atoms with Gasteiger partial charge in [0.1, 0.15) is 11.5 Å². The number of ketones is 1. The first-order chi connectivity index (χ1) is 6.43. The Morgan fingerprint density at radius 3 is 2.43 bits per heavy atom. The van der Waals surface area contributed by atoms with Gasteiger partial charge in [0.15, 0.2) is 0 Å². The van der Waals surface area contributed by atoms with Gasteiger partial charge in [0.05, 0.1) is 0 Å². The van der Waals surface area contributed by atoms with Crippen LogP contribution in [-0.4, -0.2) is 21.4 Å². The number of nitrogens with zero attached hydrogens (tertiary/aromatic N) is 1. The Balaban J connectivity index is 3.17. The number of rotatable bonds is 3. The van der Waals surface area contributed by atoms with E-state index in [1.807, 2.05) is 6.92 Å². The SMILES string of the molecule is CC(=O)Cc1c(C)cc(C(=O)O)n1C. The summed E-state index contributed by atoms with van der Waals surface area (Å²) in [5.74, 6) is -0.934. The molecule has 1 rings (SSSR count). The molecule has 0 aliphatic rings. The number of hydrogen-bond donors (Lipinski definition) is 1. The van der Waals surface area contributed by atoms with Crippen molar-refractivity contribution in [1.29, 1.82) is 0 Å². The zero-order chi connectivity index (χ0) is 10.9. The van der Waals surface area contributed by atoms with E-state index in [1.54, 1.807) is 17.7 Å². The highest BCUT2D eigenvalue weighted by atomic mass is 16.4. The van der Waals surface area contributed by atoms with E-state index in [9.17, 15) is 9.59 Å². The van der Waals surface area contributed by atoms with E-state index in [0.29, 0.717) is 0 Å². The second-order valence-corrected chi connectivity index (χ2v) is 3.40.